The molecule has 0 bridgehead atoms. The van der Waals surface area contributed by atoms with Crippen LogP contribution < -0.4 is 21.2 Å². The van der Waals surface area contributed by atoms with Crippen LogP contribution in [-0.4, -0.2) is 17.3 Å². The summed E-state index contributed by atoms with van der Waals surface area (Å²) in [6.45, 7) is 0. The summed E-state index contributed by atoms with van der Waals surface area (Å²) >= 11 is 0. The van der Waals surface area contributed by atoms with Gasteiger partial charge in [0.1, 0.15) is 0 Å². The summed E-state index contributed by atoms with van der Waals surface area (Å²) < 4.78 is 57.3. The largest absolute Gasteiger partial charge is 0.252 e. The average molecular weight is 471 g/mol. The second-order valence-corrected chi connectivity index (χ2v) is 11.6. The maximum Gasteiger partial charge on any atom is 0.252 e. The van der Waals surface area contributed by atoms with Crippen LogP contribution in [0.2, 0.25) is 0 Å². The van der Waals surface area contributed by atoms with Crippen molar-refractivity contribution in [3.8, 4) is 0 Å². The summed E-state index contributed by atoms with van der Waals surface area (Å²) in [5.74, 6) is -6.06. The molecule has 32 heavy (non-hydrogen) atoms. The molecule has 0 spiro atoms. The first-order valence-electron chi connectivity index (χ1n) is 9.96. The second kappa shape index (κ2) is 10.3. The van der Waals surface area contributed by atoms with Gasteiger partial charge in [-0.15, -0.1) is 0 Å². The quantitative estimate of drug-likeness (QED) is 0.205. The lowest BCUT2D eigenvalue weighted by Gasteiger charge is -2.24. The maximum atomic E-state index is 14.7. The van der Waals surface area contributed by atoms with E-state index in [4.69, 9.17) is 0 Å². The molecule has 0 saturated carbocycles. The minimum absolute atomic E-state index is 0.367. The normalized spacial score (nSPS) is 12.2. The van der Waals surface area contributed by atoms with E-state index < -0.39 is 44.7 Å². The Morgan fingerprint density at radius 1 is 0.500 bits per heavy atom. The zero-order chi connectivity index (χ0) is 22.5. The van der Waals surface area contributed by atoms with Gasteiger partial charge in [0, 0.05) is 0 Å². The molecule has 1 atom stereocenters. The maximum absolute atomic E-state index is 14.7. The Morgan fingerprint density at radius 2 is 0.844 bits per heavy atom. The highest BCUT2D eigenvalue weighted by Crippen LogP contribution is 2.42. The van der Waals surface area contributed by atoms with Gasteiger partial charge >= 0.3 is 0 Å². The Hall–Kier alpha value is -2.61. The van der Waals surface area contributed by atoms with E-state index in [2.05, 4.69) is 4.98 Å². The minimum atomic E-state index is -1.69. The standard InChI is InChI=1S/C25H19F4NP2/c26-21-23(22(27)25(29)30-24(21)28)32(20-14-8-3-9-15-20)17-16-31(18-10-4-1-5-11-18)19-12-6-2-7-13-19/h1-15H,16-17H2. The third-order valence-corrected chi connectivity index (χ3v) is 10.4. The summed E-state index contributed by atoms with van der Waals surface area (Å²) in [4.78, 5) is 2.73. The van der Waals surface area contributed by atoms with Gasteiger partial charge in [0.25, 0.3) is 11.9 Å². The van der Waals surface area contributed by atoms with E-state index in [9.17, 15) is 17.6 Å². The molecule has 4 rings (SSSR count). The van der Waals surface area contributed by atoms with Crippen molar-refractivity contribution in [2.45, 2.75) is 0 Å². The van der Waals surface area contributed by atoms with Crippen LogP contribution in [0.1, 0.15) is 0 Å². The van der Waals surface area contributed by atoms with E-state index in [0.717, 1.165) is 10.6 Å². The molecule has 1 aromatic heterocycles. The zero-order valence-electron chi connectivity index (χ0n) is 16.9. The van der Waals surface area contributed by atoms with Crippen molar-refractivity contribution in [1.82, 2.24) is 4.98 Å². The molecular formula is C25H19F4NP2. The van der Waals surface area contributed by atoms with Crippen LogP contribution in [0, 0.1) is 23.5 Å². The van der Waals surface area contributed by atoms with Crippen LogP contribution in [0.3, 0.4) is 0 Å². The van der Waals surface area contributed by atoms with Gasteiger partial charge < -0.3 is 0 Å². The Kier molecular flexibility index (Phi) is 7.29. The molecule has 4 aromatic rings. The monoisotopic (exact) mass is 471 g/mol. The van der Waals surface area contributed by atoms with Crippen molar-refractivity contribution >= 4 is 37.1 Å². The lowest BCUT2D eigenvalue weighted by atomic mass is 10.4. The van der Waals surface area contributed by atoms with Crippen molar-refractivity contribution in [2.75, 3.05) is 12.3 Å². The first-order valence-corrected chi connectivity index (χ1v) is 13.0. The van der Waals surface area contributed by atoms with Crippen LogP contribution in [0.25, 0.3) is 0 Å². The number of benzene rings is 3. The number of rotatable bonds is 7. The predicted octanol–water partition coefficient (Wildman–Crippen LogP) is 5.20. The van der Waals surface area contributed by atoms with Crippen molar-refractivity contribution < 1.29 is 17.6 Å². The van der Waals surface area contributed by atoms with Gasteiger partial charge in [-0.2, -0.15) is 13.8 Å². The highest BCUT2D eigenvalue weighted by Gasteiger charge is 2.29. The molecule has 7 heteroatoms. The Morgan fingerprint density at radius 3 is 1.25 bits per heavy atom. The molecule has 0 radical (unpaired) electrons. The third-order valence-electron chi connectivity index (χ3n) is 5.00. The topological polar surface area (TPSA) is 12.9 Å². The van der Waals surface area contributed by atoms with Crippen molar-refractivity contribution in [3.63, 3.8) is 0 Å². The molecule has 3 aromatic carbocycles. The second-order valence-electron chi connectivity index (χ2n) is 6.98. The fourth-order valence-electron chi connectivity index (χ4n) is 3.51. The zero-order valence-corrected chi connectivity index (χ0v) is 18.7. The van der Waals surface area contributed by atoms with E-state index in [-0.39, 0.29) is 0 Å². The Labute approximate surface area is 186 Å². The SMILES string of the molecule is Fc1nc(F)c(F)c(P(CCP(c2ccccc2)c2ccccc2)c2ccccc2)c1F. The van der Waals surface area contributed by atoms with Crippen molar-refractivity contribution in [1.29, 1.82) is 0 Å². The third kappa shape index (κ3) is 4.90. The number of aromatic nitrogens is 1. The minimum Gasteiger partial charge on any atom is -0.201 e. The van der Waals surface area contributed by atoms with E-state index in [1.165, 1.54) is 0 Å². The number of pyridine rings is 1. The van der Waals surface area contributed by atoms with E-state index in [0.29, 0.717) is 17.6 Å². The lowest BCUT2D eigenvalue weighted by Crippen LogP contribution is -2.26. The summed E-state index contributed by atoms with van der Waals surface area (Å²) in [5, 5.41) is 2.36. The van der Waals surface area contributed by atoms with Crippen molar-refractivity contribution in [3.05, 3.63) is 115 Å². The van der Waals surface area contributed by atoms with Crippen LogP contribution in [0.5, 0.6) is 0 Å². The molecule has 0 amide bonds. The Bertz CT molecular complexity index is 1110. The fraction of sp³-hybridized carbons (Fsp3) is 0.0800. The van der Waals surface area contributed by atoms with Gasteiger partial charge in [-0.3, -0.25) is 0 Å². The number of nitrogens with zero attached hydrogens (tertiary/aromatic N) is 1. The molecule has 162 valence electrons. The first-order chi connectivity index (χ1) is 15.6. The molecule has 0 aliphatic carbocycles. The van der Waals surface area contributed by atoms with Gasteiger partial charge in [0.2, 0.25) is 0 Å². The van der Waals surface area contributed by atoms with E-state index >= 15 is 0 Å². The lowest BCUT2D eigenvalue weighted by molar-refractivity contribution is 0.415. The van der Waals surface area contributed by atoms with Gasteiger partial charge in [0.05, 0.1) is 5.30 Å². The van der Waals surface area contributed by atoms with Crippen LogP contribution in [0.4, 0.5) is 17.6 Å². The highest BCUT2D eigenvalue weighted by atomic mass is 31.1. The molecule has 0 N–H and O–H groups in total. The smallest absolute Gasteiger partial charge is 0.201 e. The molecular weight excluding hydrogens is 452 g/mol. The number of halogens is 4. The molecule has 0 aliphatic heterocycles. The van der Waals surface area contributed by atoms with Gasteiger partial charge in [-0.1, -0.05) is 91.0 Å². The molecule has 0 aliphatic rings. The first kappa shape index (κ1) is 22.6. The van der Waals surface area contributed by atoms with Gasteiger partial charge in [0.15, 0.2) is 11.6 Å². The van der Waals surface area contributed by atoms with E-state index in [1.54, 1.807) is 30.3 Å². The molecule has 1 heterocycles. The predicted molar refractivity (Wildman–Crippen MR) is 126 cm³/mol. The summed E-state index contributed by atoms with van der Waals surface area (Å²) in [5.41, 5.74) is 0. The van der Waals surface area contributed by atoms with Crippen LogP contribution in [0.15, 0.2) is 91.0 Å². The Balaban J connectivity index is 1.75. The van der Waals surface area contributed by atoms with Crippen LogP contribution >= 0.6 is 15.8 Å². The highest BCUT2D eigenvalue weighted by molar-refractivity contribution is 7.76. The average Bonchev–Trinajstić information content (AvgIpc) is 2.84. The number of hydrogen-bond acceptors (Lipinski definition) is 1. The summed E-state index contributed by atoms with van der Waals surface area (Å²) in [7, 11) is -2.52. The van der Waals surface area contributed by atoms with Crippen molar-refractivity contribution in [2.24, 2.45) is 0 Å². The molecule has 1 unspecified atom stereocenters. The van der Waals surface area contributed by atoms with E-state index in [1.807, 2.05) is 60.7 Å². The molecule has 0 fully saturated rings. The van der Waals surface area contributed by atoms with Gasteiger partial charge in [-0.05, 0) is 44.1 Å². The fourth-order valence-corrected chi connectivity index (χ4v) is 8.92. The number of hydrogen-bond donors (Lipinski definition) is 0. The summed E-state index contributed by atoms with van der Waals surface area (Å²) in [6.07, 6.45) is 0.972. The molecule has 0 saturated heterocycles. The van der Waals surface area contributed by atoms with Gasteiger partial charge in [-0.25, -0.2) is 8.78 Å². The summed E-state index contributed by atoms with van der Waals surface area (Å²) in [6, 6.07) is 28.7. The van der Waals surface area contributed by atoms with Crippen LogP contribution in [-0.2, 0) is 0 Å². The molecule has 1 nitrogen and oxygen atoms in total.